The van der Waals surface area contributed by atoms with Gasteiger partial charge in [-0.1, -0.05) is 12.8 Å². The lowest BCUT2D eigenvalue weighted by molar-refractivity contribution is -0.116. The summed E-state index contributed by atoms with van der Waals surface area (Å²) in [5, 5.41) is 2.82. The van der Waals surface area contributed by atoms with Crippen molar-refractivity contribution in [3.63, 3.8) is 0 Å². The van der Waals surface area contributed by atoms with Crippen LogP contribution in [0.25, 0.3) is 0 Å². The Bertz CT molecular complexity index is 478. The van der Waals surface area contributed by atoms with E-state index in [0.717, 1.165) is 31.2 Å². The van der Waals surface area contributed by atoms with Crippen molar-refractivity contribution in [2.24, 2.45) is 11.5 Å². The molecular weight excluding hydrogens is 290 g/mol. The first-order valence-corrected chi connectivity index (χ1v) is 6.95. The van der Waals surface area contributed by atoms with E-state index in [2.05, 4.69) is 5.32 Å². The summed E-state index contributed by atoms with van der Waals surface area (Å²) in [7, 11) is 0. The summed E-state index contributed by atoms with van der Waals surface area (Å²) in [4.78, 5) is 22.9. The number of benzene rings is 1. The van der Waals surface area contributed by atoms with Crippen LogP contribution in [-0.4, -0.2) is 18.4 Å². The highest BCUT2D eigenvalue weighted by Gasteiger charge is 2.07. The van der Waals surface area contributed by atoms with Crippen molar-refractivity contribution in [1.29, 1.82) is 0 Å². The minimum atomic E-state index is -0.458. The van der Waals surface area contributed by atoms with Gasteiger partial charge in [-0.15, -0.1) is 12.4 Å². The lowest BCUT2D eigenvalue weighted by atomic mass is 10.1. The zero-order chi connectivity index (χ0) is 15.0. The SMILES string of the molecule is Cc1cc(NC(=O)CCCCCCN)ccc1C(N)=O.Cl. The van der Waals surface area contributed by atoms with Crippen molar-refractivity contribution in [2.75, 3.05) is 11.9 Å². The average Bonchev–Trinajstić information content (AvgIpc) is 2.38. The van der Waals surface area contributed by atoms with Crippen LogP contribution in [0.1, 0.15) is 48.0 Å². The van der Waals surface area contributed by atoms with Gasteiger partial charge in [0.1, 0.15) is 0 Å². The molecule has 0 aliphatic heterocycles. The van der Waals surface area contributed by atoms with Crippen LogP contribution in [0.5, 0.6) is 0 Å². The lowest BCUT2D eigenvalue weighted by Crippen LogP contribution is -2.14. The third kappa shape index (κ3) is 7.11. The standard InChI is InChI=1S/C15H23N3O2.ClH/c1-11-10-12(7-8-13(11)15(17)20)18-14(19)6-4-2-3-5-9-16;/h7-8,10H,2-6,9,16H2,1H3,(H2,17,20)(H,18,19);1H. The van der Waals surface area contributed by atoms with Gasteiger partial charge in [-0.2, -0.15) is 0 Å². The predicted octanol–water partition coefficient (Wildman–Crippen LogP) is 2.36. The van der Waals surface area contributed by atoms with Crippen LogP contribution in [0.15, 0.2) is 18.2 Å². The molecule has 1 aromatic carbocycles. The minimum absolute atomic E-state index is 0. The molecule has 0 spiro atoms. The van der Waals surface area contributed by atoms with Gasteiger partial charge in [0.25, 0.3) is 0 Å². The molecule has 21 heavy (non-hydrogen) atoms. The molecule has 6 heteroatoms. The van der Waals surface area contributed by atoms with E-state index in [-0.39, 0.29) is 18.3 Å². The molecule has 0 saturated carbocycles. The smallest absolute Gasteiger partial charge is 0.248 e. The fraction of sp³-hybridized carbons (Fsp3) is 0.467. The number of hydrogen-bond donors (Lipinski definition) is 3. The molecule has 0 aromatic heterocycles. The molecule has 0 heterocycles. The van der Waals surface area contributed by atoms with Crippen LogP contribution in [-0.2, 0) is 4.79 Å². The Morgan fingerprint density at radius 1 is 1.14 bits per heavy atom. The Morgan fingerprint density at radius 3 is 2.38 bits per heavy atom. The van der Waals surface area contributed by atoms with E-state index < -0.39 is 5.91 Å². The van der Waals surface area contributed by atoms with Crippen molar-refractivity contribution in [3.8, 4) is 0 Å². The van der Waals surface area contributed by atoms with Crippen LogP contribution >= 0.6 is 12.4 Å². The summed E-state index contributed by atoms with van der Waals surface area (Å²) in [5.74, 6) is -0.468. The average molecular weight is 314 g/mol. The summed E-state index contributed by atoms with van der Waals surface area (Å²) in [6.07, 6.45) is 4.46. The van der Waals surface area contributed by atoms with E-state index in [1.54, 1.807) is 25.1 Å². The Kier molecular flexibility index (Phi) is 9.41. The maximum atomic E-state index is 11.7. The number of hydrogen-bond acceptors (Lipinski definition) is 3. The minimum Gasteiger partial charge on any atom is -0.366 e. The number of nitrogens with one attached hydrogen (secondary N) is 1. The number of aryl methyl sites for hydroxylation is 1. The van der Waals surface area contributed by atoms with Gasteiger partial charge in [0.15, 0.2) is 0 Å². The van der Waals surface area contributed by atoms with Crippen molar-refractivity contribution in [1.82, 2.24) is 0 Å². The topological polar surface area (TPSA) is 98.2 Å². The second-order valence-electron chi connectivity index (χ2n) is 4.90. The van der Waals surface area contributed by atoms with E-state index >= 15 is 0 Å². The highest BCUT2D eigenvalue weighted by Crippen LogP contribution is 2.15. The summed E-state index contributed by atoms with van der Waals surface area (Å²) in [6, 6.07) is 5.08. The van der Waals surface area contributed by atoms with Gasteiger partial charge in [0.05, 0.1) is 0 Å². The molecule has 5 nitrogen and oxygen atoms in total. The van der Waals surface area contributed by atoms with Gasteiger partial charge < -0.3 is 16.8 Å². The predicted molar refractivity (Wildman–Crippen MR) is 87.7 cm³/mol. The van der Waals surface area contributed by atoms with E-state index in [9.17, 15) is 9.59 Å². The maximum absolute atomic E-state index is 11.7. The molecule has 0 radical (unpaired) electrons. The Balaban J connectivity index is 0.00000400. The zero-order valence-electron chi connectivity index (χ0n) is 12.4. The molecule has 0 aliphatic carbocycles. The molecule has 0 bridgehead atoms. The molecule has 0 atom stereocenters. The largest absolute Gasteiger partial charge is 0.366 e. The highest BCUT2D eigenvalue weighted by atomic mass is 35.5. The van der Waals surface area contributed by atoms with Crippen molar-refractivity contribution in [2.45, 2.75) is 39.0 Å². The third-order valence-corrected chi connectivity index (χ3v) is 3.13. The van der Waals surface area contributed by atoms with Crippen molar-refractivity contribution < 1.29 is 9.59 Å². The van der Waals surface area contributed by atoms with E-state index in [1.165, 1.54) is 0 Å². The second-order valence-corrected chi connectivity index (χ2v) is 4.90. The molecule has 0 saturated heterocycles. The van der Waals surface area contributed by atoms with Gasteiger partial charge in [0.2, 0.25) is 11.8 Å². The zero-order valence-corrected chi connectivity index (χ0v) is 13.2. The highest BCUT2D eigenvalue weighted by molar-refractivity contribution is 5.96. The third-order valence-electron chi connectivity index (χ3n) is 3.13. The Labute approximate surface area is 131 Å². The summed E-state index contributed by atoms with van der Waals surface area (Å²) < 4.78 is 0. The van der Waals surface area contributed by atoms with Gasteiger partial charge >= 0.3 is 0 Å². The number of halogens is 1. The fourth-order valence-electron chi connectivity index (χ4n) is 2.02. The van der Waals surface area contributed by atoms with Gasteiger partial charge in [-0.25, -0.2) is 0 Å². The van der Waals surface area contributed by atoms with E-state index in [0.29, 0.717) is 24.2 Å². The Morgan fingerprint density at radius 2 is 1.81 bits per heavy atom. The first-order valence-electron chi connectivity index (χ1n) is 6.95. The summed E-state index contributed by atoms with van der Waals surface area (Å²) in [5.41, 5.74) is 12.6. The van der Waals surface area contributed by atoms with Crippen LogP contribution in [0.2, 0.25) is 0 Å². The number of nitrogens with two attached hydrogens (primary N) is 2. The molecule has 2 amide bonds. The maximum Gasteiger partial charge on any atom is 0.248 e. The first-order chi connectivity index (χ1) is 9.54. The number of carbonyl (C=O) groups is 2. The molecule has 0 aliphatic rings. The Hall–Kier alpha value is -1.59. The number of carbonyl (C=O) groups excluding carboxylic acids is 2. The molecule has 0 unspecified atom stereocenters. The fourth-order valence-corrected chi connectivity index (χ4v) is 2.02. The summed E-state index contributed by atoms with van der Waals surface area (Å²) in [6.45, 7) is 2.50. The first kappa shape index (κ1) is 19.4. The molecule has 1 rings (SSSR count). The quantitative estimate of drug-likeness (QED) is 0.642. The molecule has 118 valence electrons. The van der Waals surface area contributed by atoms with E-state index in [1.807, 2.05) is 0 Å². The van der Waals surface area contributed by atoms with Crippen LogP contribution < -0.4 is 16.8 Å². The number of anilines is 1. The van der Waals surface area contributed by atoms with Crippen molar-refractivity contribution >= 4 is 29.9 Å². The molecular formula is C15H24ClN3O2. The van der Waals surface area contributed by atoms with Gasteiger partial charge in [0, 0.05) is 17.7 Å². The number of primary amides is 1. The normalized spacial score (nSPS) is 9.81. The van der Waals surface area contributed by atoms with Gasteiger partial charge in [-0.05, 0) is 50.1 Å². The monoisotopic (exact) mass is 313 g/mol. The van der Waals surface area contributed by atoms with Crippen LogP contribution in [0, 0.1) is 6.92 Å². The molecule has 5 N–H and O–H groups in total. The lowest BCUT2D eigenvalue weighted by Gasteiger charge is -2.08. The van der Waals surface area contributed by atoms with Crippen LogP contribution in [0.4, 0.5) is 5.69 Å². The van der Waals surface area contributed by atoms with Crippen molar-refractivity contribution in [3.05, 3.63) is 29.3 Å². The summed E-state index contributed by atoms with van der Waals surface area (Å²) >= 11 is 0. The molecule has 0 fully saturated rings. The molecule has 1 aromatic rings. The second kappa shape index (κ2) is 10.2. The number of amides is 2. The number of rotatable bonds is 8. The van der Waals surface area contributed by atoms with E-state index in [4.69, 9.17) is 11.5 Å². The number of unbranched alkanes of at least 4 members (excludes halogenated alkanes) is 3. The van der Waals surface area contributed by atoms with Crippen LogP contribution in [0.3, 0.4) is 0 Å². The van der Waals surface area contributed by atoms with Gasteiger partial charge in [-0.3, -0.25) is 9.59 Å².